The summed E-state index contributed by atoms with van der Waals surface area (Å²) in [6.07, 6.45) is 3.48. The van der Waals surface area contributed by atoms with Gasteiger partial charge in [0.25, 0.3) is 5.91 Å². The van der Waals surface area contributed by atoms with Gasteiger partial charge < -0.3 is 14.6 Å². The van der Waals surface area contributed by atoms with Gasteiger partial charge >= 0.3 is 0 Å². The number of benzene rings is 1. The van der Waals surface area contributed by atoms with E-state index in [-0.39, 0.29) is 24.1 Å². The molecule has 2 aromatic heterocycles. The number of fused-ring (bicyclic) bond motifs is 1. The Bertz CT molecular complexity index is 1000. The van der Waals surface area contributed by atoms with E-state index in [9.17, 15) is 9.59 Å². The lowest BCUT2D eigenvalue weighted by Crippen LogP contribution is -2.35. The summed E-state index contributed by atoms with van der Waals surface area (Å²) in [5.41, 5.74) is 2.52. The molecule has 0 spiro atoms. The SMILES string of the molecule is Cc1ccn2cc(C(=O)N(C)CC(=O)Nc3ccc(Cl)c(Cl)c3)nc2c1. The molecule has 3 aromatic rings. The molecule has 0 fully saturated rings. The second-order valence-corrected chi connectivity index (χ2v) is 6.75. The fourth-order valence-corrected chi connectivity index (χ4v) is 2.74. The van der Waals surface area contributed by atoms with Crippen LogP contribution < -0.4 is 5.32 Å². The first-order valence-electron chi connectivity index (χ1n) is 7.79. The maximum absolute atomic E-state index is 12.5. The van der Waals surface area contributed by atoms with Gasteiger partial charge in [0, 0.05) is 25.1 Å². The molecular formula is C18H16Cl2N4O2. The molecule has 0 saturated heterocycles. The maximum atomic E-state index is 12.5. The minimum absolute atomic E-state index is 0.119. The summed E-state index contributed by atoms with van der Waals surface area (Å²) in [5.74, 6) is -0.686. The van der Waals surface area contributed by atoms with Crippen LogP contribution in [0.3, 0.4) is 0 Å². The molecule has 1 aromatic carbocycles. The van der Waals surface area contributed by atoms with Crippen molar-refractivity contribution >= 4 is 46.4 Å². The third kappa shape index (κ3) is 3.98. The lowest BCUT2D eigenvalue weighted by molar-refractivity contribution is -0.116. The Hall–Kier alpha value is -2.57. The van der Waals surface area contributed by atoms with Gasteiger partial charge in [-0.1, -0.05) is 23.2 Å². The predicted octanol–water partition coefficient (Wildman–Crippen LogP) is 3.66. The lowest BCUT2D eigenvalue weighted by Gasteiger charge is -2.15. The average molecular weight is 391 g/mol. The highest BCUT2D eigenvalue weighted by atomic mass is 35.5. The molecule has 0 aliphatic carbocycles. The number of carbonyl (C=O) groups excluding carboxylic acids is 2. The van der Waals surface area contributed by atoms with E-state index in [2.05, 4.69) is 10.3 Å². The third-order valence-electron chi connectivity index (χ3n) is 3.77. The topological polar surface area (TPSA) is 66.7 Å². The van der Waals surface area contributed by atoms with E-state index in [4.69, 9.17) is 23.2 Å². The summed E-state index contributed by atoms with van der Waals surface area (Å²) >= 11 is 11.8. The molecule has 0 aliphatic rings. The van der Waals surface area contributed by atoms with Gasteiger partial charge in [0.15, 0.2) is 0 Å². The van der Waals surface area contributed by atoms with Gasteiger partial charge in [-0.2, -0.15) is 0 Å². The quantitative estimate of drug-likeness (QED) is 0.738. The normalized spacial score (nSPS) is 10.8. The number of amides is 2. The highest BCUT2D eigenvalue weighted by Crippen LogP contribution is 2.24. The number of hydrogen-bond acceptors (Lipinski definition) is 3. The smallest absolute Gasteiger partial charge is 0.274 e. The first kappa shape index (κ1) is 18.2. The molecule has 0 saturated carbocycles. The van der Waals surface area contributed by atoms with Crippen molar-refractivity contribution in [3.63, 3.8) is 0 Å². The third-order valence-corrected chi connectivity index (χ3v) is 4.50. The summed E-state index contributed by atoms with van der Waals surface area (Å²) in [6.45, 7) is 1.83. The van der Waals surface area contributed by atoms with Crippen LogP contribution in [0.2, 0.25) is 10.0 Å². The number of nitrogens with one attached hydrogen (secondary N) is 1. The van der Waals surface area contributed by atoms with Gasteiger partial charge in [0.1, 0.15) is 11.3 Å². The monoisotopic (exact) mass is 390 g/mol. The summed E-state index contributed by atoms with van der Waals surface area (Å²) in [4.78, 5) is 30.3. The van der Waals surface area contributed by atoms with Crippen LogP contribution in [0, 0.1) is 6.92 Å². The van der Waals surface area contributed by atoms with Crippen molar-refractivity contribution in [3.8, 4) is 0 Å². The summed E-state index contributed by atoms with van der Waals surface area (Å²) in [6, 6.07) is 8.59. The van der Waals surface area contributed by atoms with Gasteiger partial charge in [-0.05, 0) is 42.8 Å². The number of carbonyl (C=O) groups is 2. The van der Waals surface area contributed by atoms with Crippen LogP contribution in [-0.2, 0) is 4.79 Å². The Morgan fingerprint density at radius 3 is 2.69 bits per heavy atom. The molecule has 1 N–H and O–H groups in total. The number of likely N-dealkylation sites (N-methyl/N-ethyl adjacent to an activating group) is 1. The predicted molar refractivity (Wildman–Crippen MR) is 102 cm³/mol. The highest BCUT2D eigenvalue weighted by Gasteiger charge is 2.18. The van der Waals surface area contributed by atoms with E-state index >= 15 is 0 Å². The van der Waals surface area contributed by atoms with E-state index < -0.39 is 0 Å². The molecule has 6 nitrogen and oxygen atoms in total. The number of halogens is 2. The van der Waals surface area contributed by atoms with Crippen LogP contribution >= 0.6 is 23.2 Å². The van der Waals surface area contributed by atoms with Crippen molar-refractivity contribution in [2.24, 2.45) is 0 Å². The Morgan fingerprint density at radius 2 is 1.96 bits per heavy atom. The van der Waals surface area contributed by atoms with Crippen molar-refractivity contribution in [1.29, 1.82) is 0 Å². The first-order valence-corrected chi connectivity index (χ1v) is 8.55. The molecule has 2 heterocycles. The first-order chi connectivity index (χ1) is 12.3. The molecule has 0 radical (unpaired) electrons. The van der Waals surface area contributed by atoms with Crippen LogP contribution in [-0.4, -0.2) is 39.7 Å². The zero-order valence-electron chi connectivity index (χ0n) is 14.2. The second-order valence-electron chi connectivity index (χ2n) is 5.93. The van der Waals surface area contributed by atoms with Crippen molar-refractivity contribution in [2.45, 2.75) is 6.92 Å². The van der Waals surface area contributed by atoms with Crippen LogP contribution in [0.5, 0.6) is 0 Å². The number of hydrogen-bond donors (Lipinski definition) is 1. The average Bonchev–Trinajstić information content (AvgIpc) is 3.00. The highest BCUT2D eigenvalue weighted by molar-refractivity contribution is 6.42. The Kier molecular flexibility index (Phi) is 5.15. The molecule has 8 heteroatoms. The molecule has 0 bridgehead atoms. The molecule has 26 heavy (non-hydrogen) atoms. The zero-order chi connectivity index (χ0) is 18.8. The van der Waals surface area contributed by atoms with Gasteiger partial charge in [-0.25, -0.2) is 4.98 Å². The van der Waals surface area contributed by atoms with Crippen molar-refractivity contribution in [2.75, 3.05) is 18.9 Å². The van der Waals surface area contributed by atoms with E-state index in [1.807, 2.05) is 25.3 Å². The molecule has 0 aliphatic heterocycles. The van der Waals surface area contributed by atoms with Crippen molar-refractivity contribution in [3.05, 3.63) is 64.0 Å². The molecule has 2 amide bonds. The van der Waals surface area contributed by atoms with Crippen LogP contribution in [0.1, 0.15) is 16.1 Å². The minimum atomic E-state index is -0.348. The van der Waals surface area contributed by atoms with Crippen LogP contribution in [0.15, 0.2) is 42.7 Å². The standard InChI is InChI=1S/C18H16Cl2N4O2/c1-11-5-6-24-9-15(22-16(24)7-11)18(26)23(2)10-17(25)21-12-3-4-13(19)14(20)8-12/h3-9H,10H2,1-2H3,(H,21,25). The number of pyridine rings is 1. The largest absolute Gasteiger partial charge is 0.331 e. The van der Waals surface area contributed by atoms with Gasteiger partial charge in [-0.3, -0.25) is 9.59 Å². The van der Waals surface area contributed by atoms with Gasteiger partial charge in [0.2, 0.25) is 5.91 Å². The number of rotatable bonds is 4. The van der Waals surface area contributed by atoms with Crippen molar-refractivity contribution < 1.29 is 9.59 Å². The number of aromatic nitrogens is 2. The number of anilines is 1. The fraction of sp³-hybridized carbons (Fsp3) is 0.167. The molecule has 0 atom stereocenters. The van der Waals surface area contributed by atoms with Crippen molar-refractivity contribution in [1.82, 2.24) is 14.3 Å². The number of nitrogens with zero attached hydrogens (tertiary/aromatic N) is 3. The minimum Gasteiger partial charge on any atom is -0.331 e. The number of aryl methyl sites for hydroxylation is 1. The van der Waals surface area contributed by atoms with Crippen LogP contribution in [0.25, 0.3) is 5.65 Å². The lowest BCUT2D eigenvalue weighted by atomic mass is 10.3. The van der Waals surface area contributed by atoms with Gasteiger partial charge in [0.05, 0.1) is 16.6 Å². The van der Waals surface area contributed by atoms with Gasteiger partial charge in [-0.15, -0.1) is 0 Å². The van der Waals surface area contributed by atoms with E-state index in [0.717, 1.165) is 5.56 Å². The Labute approximate surface area is 160 Å². The Morgan fingerprint density at radius 1 is 1.19 bits per heavy atom. The van der Waals surface area contributed by atoms with E-state index in [1.165, 1.54) is 4.90 Å². The second kappa shape index (κ2) is 7.35. The fourth-order valence-electron chi connectivity index (χ4n) is 2.44. The van der Waals surface area contributed by atoms with Crippen LogP contribution in [0.4, 0.5) is 5.69 Å². The molecule has 134 valence electrons. The molecule has 3 rings (SSSR count). The van der Waals surface area contributed by atoms with E-state index in [0.29, 0.717) is 21.4 Å². The maximum Gasteiger partial charge on any atom is 0.274 e. The summed E-state index contributed by atoms with van der Waals surface area (Å²) in [5, 5.41) is 3.42. The molecular weight excluding hydrogens is 375 g/mol. The summed E-state index contributed by atoms with van der Waals surface area (Å²) in [7, 11) is 1.55. The summed E-state index contributed by atoms with van der Waals surface area (Å²) < 4.78 is 1.77. The number of imidazole rings is 1. The molecule has 0 unspecified atom stereocenters. The Balaban J connectivity index is 1.67. The zero-order valence-corrected chi connectivity index (χ0v) is 15.7. The van der Waals surface area contributed by atoms with E-state index in [1.54, 1.807) is 35.8 Å².